The molecule has 3 nitrogen and oxygen atoms in total. The molecule has 0 fully saturated rings. The summed E-state index contributed by atoms with van der Waals surface area (Å²) in [6, 6.07) is 26.1. The zero-order valence-corrected chi connectivity index (χ0v) is 15.7. The van der Waals surface area contributed by atoms with E-state index in [1.54, 1.807) is 13.0 Å². The SMILES string of the molecule is CC(=N)c1ccc(OC(C)=O)c(P(c2ccccc2)c2ccccc2)c1. The number of nitrogens with one attached hydrogen (secondary N) is 1. The Kier molecular flexibility index (Phi) is 5.60. The second kappa shape index (κ2) is 8.07. The fraction of sp³-hybridized carbons (Fsp3) is 0.0909. The van der Waals surface area contributed by atoms with Crippen molar-refractivity contribution < 1.29 is 9.53 Å². The van der Waals surface area contributed by atoms with Crippen LogP contribution in [0.5, 0.6) is 5.75 Å². The molecule has 0 heterocycles. The van der Waals surface area contributed by atoms with Crippen molar-refractivity contribution in [3.05, 3.63) is 84.4 Å². The third-order valence-corrected chi connectivity index (χ3v) is 6.38. The number of hydrogen-bond acceptors (Lipinski definition) is 3. The molecule has 3 aromatic rings. The van der Waals surface area contributed by atoms with E-state index in [1.165, 1.54) is 17.5 Å². The minimum absolute atomic E-state index is 0.346. The first-order valence-electron chi connectivity index (χ1n) is 8.34. The van der Waals surface area contributed by atoms with Gasteiger partial charge in [0.15, 0.2) is 0 Å². The van der Waals surface area contributed by atoms with E-state index >= 15 is 0 Å². The van der Waals surface area contributed by atoms with E-state index in [-0.39, 0.29) is 5.97 Å². The predicted molar refractivity (Wildman–Crippen MR) is 109 cm³/mol. The summed E-state index contributed by atoms with van der Waals surface area (Å²) in [5.41, 5.74) is 1.31. The average Bonchev–Trinajstić information content (AvgIpc) is 2.64. The number of carbonyl (C=O) groups is 1. The fourth-order valence-corrected chi connectivity index (χ4v) is 5.15. The molecule has 3 rings (SSSR count). The van der Waals surface area contributed by atoms with Crippen molar-refractivity contribution in [2.24, 2.45) is 0 Å². The van der Waals surface area contributed by atoms with Crippen molar-refractivity contribution >= 4 is 35.5 Å². The van der Waals surface area contributed by atoms with Crippen LogP contribution in [0, 0.1) is 5.41 Å². The highest BCUT2D eigenvalue weighted by atomic mass is 31.1. The molecule has 0 aliphatic carbocycles. The molecule has 0 atom stereocenters. The lowest BCUT2D eigenvalue weighted by molar-refractivity contribution is -0.131. The molecule has 1 N–H and O–H groups in total. The lowest BCUT2D eigenvalue weighted by Gasteiger charge is -2.22. The zero-order valence-electron chi connectivity index (χ0n) is 14.8. The summed E-state index contributed by atoms with van der Waals surface area (Å²) in [5, 5.41) is 11.3. The third kappa shape index (κ3) is 4.07. The minimum Gasteiger partial charge on any atom is -0.426 e. The van der Waals surface area contributed by atoms with Crippen LogP contribution in [0.15, 0.2) is 78.9 Å². The van der Waals surface area contributed by atoms with Crippen LogP contribution < -0.4 is 20.7 Å². The molecule has 0 aliphatic heterocycles. The van der Waals surface area contributed by atoms with Gasteiger partial charge in [-0.25, -0.2) is 0 Å². The Morgan fingerprint density at radius 2 is 1.38 bits per heavy atom. The molecule has 0 aliphatic rings. The Bertz CT molecular complexity index is 884. The maximum Gasteiger partial charge on any atom is 0.308 e. The van der Waals surface area contributed by atoms with Gasteiger partial charge in [-0.1, -0.05) is 60.7 Å². The van der Waals surface area contributed by atoms with E-state index in [1.807, 2.05) is 48.5 Å². The summed E-state index contributed by atoms with van der Waals surface area (Å²) in [4.78, 5) is 11.6. The van der Waals surface area contributed by atoms with Crippen LogP contribution in [0.4, 0.5) is 0 Å². The van der Waals surface area contributed by atoms with Gasteiger partial charge < -0.3 is 10.1 Å². The highest BCUT2D eigenvalue weighted by molar-refractivity contribution is 7.80. The van der Waals surface area contributed by atoms with Gasteiger partial charge in [-0.3, -0.25) is 4.79 Å². The van der Waals surface area contributed by atoms with Crippen LogP contribution >= 0.6 is 7.92 Å². The molecule has 0 aromatic heterocycles. The third-order valence-electron chi connectivity index (χ3n) is 3.92. The Labute approximate surface area is 154 Å². The number of rotatable bonds is 5. The minimum atomic E-state index is -0.912. The number of hydrogen-bond donors (Lipinski definition) is 1. The van der Waals surface area contributed by atoms with Gasteiger partial charge in [0, 0.05) is 17.9 Å². The van der Waals surface area contributed by atoms with E-state index in [4.69, 9.17) is 10.1 Å². The van der Waals surface area contributed by atoms with Crippen molar-refractivity contribution in [1.82, 2.24) is 0 Å². The molecule has 0 saturated carbocycles. The monoisotopic (exact) mass is 361 g/mol. The second-order valence-corrected chi connectivity index (χ2v) is 8.09. The molecule has 0 radical (unpaired) electrons. The van der Waals surface area contributed by atoms with Gasteiger partial charge in [0.2, 0.25) is 0 Å². The summed E-state index contributed by atoms with van der Waals surface area (Å²) >= 11 is 0. The molecule has 0 saturated heterocycles. The number of benzene rings is 3. The van der Waals surface area contributed by atoms with Gasteiger partial charge in [-0.15, -0.1) is 0 Å². The van der Waals surface area contributed by atoms with E-state index in [0.717, 1.165) is 10.9 Å². The molecular weight excluding hydrogens is 341 g/mol. The summed E-state index contributed by atoms with van der Waals surface area (Å²) in [6.45, 7) is 3.17. The molecular formula is C22H20NO2P. The van der Waals surface area contributed by atoms with Crippen molar-refractivity contribution in [3.63, 3.8) is 0 Å². The Balaban J connectivity index is 2.24. The predicted octanol–water partition coefficient (Wildman–Crippen LogP) is 3.76. The summed E-state index contributed by atoms with van der Waals surface area (Å²) in [7, 11) is -0.912. The highest BCUT2D eigenvalue weighted by Gasteiger charge is 2.22. The van der Waals surface area contributed by atoms with E-state index in [9.17, 15) is 4.79 Å². The lowest BCUT2D eigenvalue weighted by Crippen LogP contribution is -2.23. The van der Waals surface area contributed by atoms with Crippen LogP contribution in [-0.2, 0) is 4.79 Å². The first kappa shape index (κ1) is 18.0. The summed E-state index contributed by atoms with van der Waals surface area (Å²) < 4.78 is 5.51. The van der Waals surface area contributed by atoms with Gasteiger partial charge in [0.05, 0.1) is 0 Å². The van der Waals surface area contributed by atoms with Crippen LogP contribution in [0.2, 0.25) is 0 Å². The van der Waals surface area contributed by atoms with Gasteiger partial charge in [0.1, 0.15) is 5.75 Å². The molecule has 3 aromatic carbocycles. The Morgan fingerprint density at radius 3 is 1.85 bits per heavy atom. The van der Waals surface area contributed by atoms with Gasteiger partial charge in [-0.2, -0.15) is 0 Å². The Hall–Kier alpha value is -2.77. The number of esters is 1. The van der Waals surface area contributed by atoms with E-state index in [0.29, 0.717) is 11.5 Å². The number of carbonyl (C=O) groups excluding carboxylic acids is 1. The average molecular weight is 361 g/mol. The van der Waals surface area contributed by atoms with Crippen LogP contribution in [0.25, 0.3) is 0 Å². The summed E-state index contributed by atoms with van der Waals surface area (Å²) in [5.74, 6) is 0.211. The van der Waals surface area contributed by atoms with E-state index < -0.39 is 7.92 Å². The maximum absolute atomic E-state index is 11.6. The first-order chi connectivity index (χ1) is 12.6. The largest absolute Gasteiger partial charge is 0.426 e. The second-order valence-electron chi connectivity index (χ2n) is 5.91. The first-order valence-corrected chi connectivity index (χ1v) is 9.68. The molecule has 0 amide bonds. The van der Waals surface area contributed by atoms with Crippen molar-refractivity contribution in [3.8, 4) is 5.75 Å². The van der Waals surface area contributed by atoms with Crippen LogP contribution in [-0.4, -0.2) is 11.7 Å². The van der Waals surface area contributed by atoms with Crippen molar-refractivity contribution in [1.29, 1.82) is 5.41 Å². The van der Waals surface area contributed by atoms with Gasteiger partial charge in [0.25, 0.3) is 0 Å². The summed E-state index contributed by atoms with van der Waals surface area (Å²) in [6.07, 6.45) is 0. The molecule has 4 heteroatoms. The highest BCUT2D eigenvalue weighted by Crippen LogP contribution is 2.37. The van der Waals surface area contributed by atoms with Crippen molar-refractivity contribution in [2.75, 3.05) is 0 Å². The Morgan fingerprint density at radius 1 is 0.846 bits per heavy atom. The van der Waals surface area contributed by atoms with Crippen LogP contribution in [0.1, 0.15) is 19.4 Å². The molecule has 26 heavy (non-hydrogen) atoms. The number of ether oxygens (including phenoxy) is 1. The zero-order chi connectivity index (χ0) is 18.5. The van der Waals surface area contributed by atoms with Gasteiger partial charge >= 0.3 is 5.97 Å². The standard InChI is InChI=1S/C22H20NO2P/c1-16(23)18-13-14-21(25-17(2)24)22(15-18)26(19-9-5-3-6-10-19)20-11-7-4-8-12-20/h3-15,23H,1-2H3. The maximum atomic E-state index is 11.6. The van der Waals surface area contributed by atoms with Crippen LogP contribution in [0.3, 0.4) is 0 Å². The molecule has 0 bridgehead atoms. The van der Waals surface area contributed by atoms with Gasteiger partial charge in [-0.05, 0) is 49.2 Å². The smallest absolute Gasteiger partial charge is 0.308 e. The molecule has 130 valence electrons. The normalized spacial score (nSPS) is 10.6. The molecule has 0 unspecified atom stereocenters. The fourth-order valence-electron chi connectivity index (χ4n) is 2.75. The topological polar surface area (TPSA) is 50.1 Å². The van der Waals surface area contributed by atoms with Crippen molar-refractivity contribution in [2.45, 2.75) is 13.8 Å². The van der Waals surface area contributed by atoms with E-state index in [2.05, 4.69) is 24.3 Å². The quantitative estimate of drug-likeness (QED) is 0.326. The molecule has 0 spiro atoms. The lowest BCUT2D eigenvalue weighted by atomic mass is 10.1.